The van der Waals surface area contributed by atoms with E-state index in [1.165, 1.54) is 13.2 Å². The highest BCUT2D eigenvalue weighted by molar-refractivity contribution is 5.94. The van der Waals surface area contributed by atoms with Crippen LogP contribution in [0.25, 0.3) is 0 Å². The Bertz CT molecular complexity index is 479. The predicted molar refractivity (Wildman–Crippen MR) is 66.5 cm³/mol. The Morgan fingerprint density at radius 3 is 2.74 bits per heavy atom. The van der Waals surface area contributed by atoms with Crippen molar-refractivity contribution < 1.29 is 18.8 Å². The van der Waals surface area contributed by atoms with Crippen LogP contribution in [0.4, 0.5) is 10.1 Å². The van der Waals surface area contributed by atoms with Gasteiger partial charge in [0.15, 0.2) is 0 Å². The first-order valence-corrected chi connectivity index (χ1v) is 5.73. The Morgan fingerprint density at radius 1 is 1.58 bits per heavy atom. The number of hydrogen-bond donors (Lipinski definition) is 1. The summed E-state index contributed by atoms with van der Waals surface area (Å²) >= 11 is 0. The number of amides is 1. The third kappa shape index (κ3) is 3.99. The Morgan fingerprint density at radius 2 is 2.26 bits per heavy atom. The zero-order chi connectivity index (χ0) is 14.4. The number of carbonyl (C=O) groups excluding carboxylic acids is 1. The van der Waals surface area contributed by atoms with Gasteiger partial charge < -0.3 is 10.1 Å². The molecule has 0 fully saturated rings. The van der Waals surface area contributed by atoms with Crippen molar-refractivity contribution in [2.24, 2.45) is 0 Å². The SMILES string of the molecule is CCC(COC)NC(=O)c1ccc([N+](=O)[O-])c(F)c1. The lowest BCUT2D eigenvalue weighted by Crippen LogP contribution is -2.37. The molecule has 1 rings (SSSR count). The third-order valence-corrected chi connectivity index (χ3v) is 2.60. The van der Waals surface area contributed by atoms with Crippen molar-refractivity contribution in [1.82, 2.24) is 5.32 Å². The molecule has 0 aromatic heterocycles. The van der Waals surface area contributed by atoms with Crippen molar-refractivity contribution in [3.63, 3.8) is 0 Å². The molecule has 0 aliphatic carbocycles. The Kier molecular flexibility index (Phi) is 5.37. The number of benzene rings is 1. The molecule has 104 valence electrons. The second-order valence-electron chi connectivity index (χ2n) is 3.96. The molecule has 0 radical (unpaired) electrons. The lowest BCUT2D eigenvalue weighted by Gasteiger charge is -2.15. The minimum Gasteiger partial charge on any atom is -0.383 e. The predicted octanol–water partition coefficient (Wildman–Crippen LogP) is 1.89. The van der Waals surface area contributed by atoms with Gasteiger partial charge in [0.2, 0.25) is 5.82 Å². The van der Waals surface area contributed by atoms with Crippen LogP contribution in [0.15, 0.2) is 18.2 Å². The molecule has 0 aliphatic heterocycles. The summed E-state index contributed by atoms with van der Waals surface area (Å²) in [5, 5.41) is 13.1. The highest BCUT2D eigenvalue weighted by Gasteiger charge is 2.18. The number of nitro benzene ring substituents is 1. The average Bonchev–Trinajstić information content (AvgIpc) is 2.37. The van der Waals surface area contributed by atoms with Gasteiger partial charge in [0.25, 0.3) is 5.91 Å². The van der Waals surface area contributed by atoms with Gasteiger partial charge in [-0.1, -0.05) is 6.92 Å². The van der Waals surface area contributed by atoms with Crippen LogP contribution < -0.4 is 5.32 Å². The van der Waals surface area contributed by atoms with Crippen LogP contribution in [0.3, 0.4) is 0 Å². The third-order valence-electron chi connectivity index (χ3n) is 2.60. The van der Waals surface area contributed by atoms with Gasteiger partial charge in [0, 0.05) is 18.7 Å². The number of hydrogen-bond acceptors (Lipinski definition) is 4. The second-order valence-corrected chi connectivity index (χ2v) is 3.96. The van der Waals surface area contributed by atoms with Gasteiger partial charge in [-0.25, -0.2) is 0 Å². The van der Waals surface area contributed by atoms with Gasteiger partial charge in [-0.15, -0.1) is 0 Å². The van der Waals surface area contributed by atoms with Gasteiger partial charge in [-0.3, -0.25) is 14.9 Å². The van der Waals surface area contributed by atoms with Crippen molar-refractivity contribution in [2.45, 2.75) is 19.4 Å². The zero-order valence-electron chi connectivity index (χ0n) is 10.7. The van der Waals surface area contributed by atoms with E-state index in [0.29, 0.717) is 13.0 Å². The normalized spacial score (nSPS) is 11.9. The maximum Gasteiger partial charge on any atom is 0.304 e. The van der Waals surface area contributed by atoms with Gasteiger partial charge in [-0.05, 0) is 18.6 Å². The van der Waals surface area contributed by atoms with E-state index in [1.807, 2.05) is 6.92 Å². The van der Waals surface area contributed by atoms with Crippen LogP contribution in [0.5, 0.6) is 0 Å². The van der Waals surface area contributed by atoms with Crippen LogP contribution in [0.1, 0.15) is 23.7 Å². The summed E-state index contributed by atoms with van der Waals surface area (Å²) in [6.45, 7) is 2.22. The molecule has 0 aliphatic rings. The van der Waals surface area contributed by atoms with Crippen molar-refractivity contribution in [3.05, 3.63) is 39.7 Å². The van der Waals surface area contributed by atoms with Gasteiger partial charge in [0.1, 0.15) is 0 Å². The number of nitrogens with zero attached hydrogens (tertiary/aromatic N) is 1. The molecule has 19 heavy (non-hydrogen) atoms. The summed E-state index contributed by atoms with van der Waals surface area (Å²) in [6.07, 6.45) is 0.662. The standard InChI is InChI=1S/C12H15FN2O4/c1-3-9(7-19-2)14-12(16)8-4-5-11(15(17)18)10(13)6-8/h4-6,9H,3,7H2,1-2H3,(H,14,16). The number of methoxy groups -OCH3 is 1. The fraction of sp³-hybridized carbons (Fsp3) is 0.417. The van der Waals surface area contributed by atoms with E-state index in [9.17, 15) is 19.3 Å². The maximum absolute atomic E-state index is 13.4. The lowest BCUT2D eigenvalue weighted by molar-refractivity contribution is -0.387. The summed E-state index contributed by atoms with van der Waals surface area (Å²) in [4.78, 5) is 21.4. The van der Waals surface area contributed by atoms with Crippen molar-refractivity contribution in [3.8, 4) is 0 Å². The summed E-state index contributed by atoms with van der Waals surface area (Å²) < 4.78 is 18.3. The van der Waals surface area contributed by atoms with Crippen LogP contribution in [-0.4, -0.2) is 30.6 Å². The molecule has 0 saturated carbocycles. The van der Waals surface area contributed by atoms with E-state index in [-0.39, 0.29) is 11.6 Å². The number of halogens is 1. The summed E-state index contributed by atoms with van der Waals surface area (Å²) in [7, 11) is 1.51. The minimum atomic E-state index is -1.03. The van der Waals surface area contributed by atoms with Gasteiger partial charge in [-0.2, -0.15) is 4.39 Å². The van der Waals surface area contributed by atoms with Crippen LogP contribution in [0.2, 0.25) is 0 Å². The topological polar surface area (TPSA) is 81.5 Å². The highest BCUT2D eigenvalue weighted by Crippen LogP contribution is 2.18. The van der Waals surface area contributed by atoms with E-state index in [4.69, 9.17) is 4.74 Å². The Balaban J connectivity index is 2.83. The number of ether oxygens (including phenoxy) is 1. The number of nitro groups is 1. The summed E-state index contributed by atoms with van der Waals surface area (Å²) in [6, 6.07) is 2.86. The summed E-state index contributed by atoms with van der Waals surface area (Å²) in [5.41, 5.74) is -0.613. The first-order valence-electron chi connectivity index (χ1n) is 5.73. The molecular formula is C12H15FN2O4. The first kappa shape index (κ1) is 15.0. The monoisotopic (exact) mass is 270 g/mol. The van der Waals surface area contributed by atoms with Crippen LogP contribution in [-0.2, 0) is 4.74 Å². The van der Waals surface area contributed by atoms with Gasteiger partial charge in [0.05, 0.1) is 17.6 Å². The maximum atomic E-state index is 13.4. The Labute approximate surface area is 109 Å². The van der Waals surface area contributed by atoms with Crippen LogP contribution >= 0.6 is 0 Å². The van der Waals surface area contributed by atoms with E-state index >= 15 is 0 Å². The minimum absolute atomic E-state index is 0.0395. The molecule has 1 N–H and O–H groups in total. The molecule has 1 atom stereocenters. The number of rotatable bonds is 6. The fourth-order valence-corrected chi connectivity index (χ4v) is 1.53. The van der Waals surface area contributed by atoms with Crippen molar-refractivity contribution in [2.75, 3.05) is 13.7 Å². The molecule has 1 amide bonds. The highest BCUT2D eigenvalue weighted by atomic mass is 19.1. The molecule has 1 aromatic rings. The summed E-state index contributed by atoms with van der Waals surface area (Å²) in [5.74, 6) is -1.52. The van der Waals surface area contributed by atoms with Crippen molar-refractivity contribution >= 4 is 11.6 Å². The molecule has 0 spiro atoms. The molecule has 7 heteroatoms. The van der Waals surface area contributed by atoms with Gasteiger partial charge >= 0.3 is 5.69 Å². The molecule has 6 nitrogen and oxygen atoms in total. The number of nitrogens with one attached hydrogen (secondary N) is 1. The Hall–Kier alpha value is -2.02. The lowest BCUT2D eigenvalue weighted by atomic mass is 10.1. The van der Waals surface area contributed by atoms with E-state index in [0.717, 1.165) is 12.1 Å². The smallest absolute Gasteiger partial charge is 0.304 e. The quantitative estimate of drug-likeness (QED) is 0.632. The first-order chi connectivity index (χ1) is 8.99. The average molecular weight is 270 g/mol. The van der Waals surface area contributed by atoms with E-state index in [2.05, 4.69) is 5.32 Å². The van der Waals surface area contributed by atoms with E-state index < -0.39 is 22.3 Å². The van der Waals surface area contributed by atoms with Crippen molar-refractivity contribution in [1.29, 1.82) is 0 Å². The molecule has 1 unspecified atom stereocenters. The largest absolute Gasteiger partial charge is 0.383 e. The molecular weight excluding hydrogens is 255 g/mol. The number of carbonyl (C=O) groups is 1. The molecule has 0 heterocycles. The molecule has 0 bridgehead atoms. The molecule has 0 saturated heterocycles. The zero-order valence-corrected chi connectivity index (χ0v) is 10.7. The second kappa shape index (κ2) is 6.79. The van der Waals surface area contributed by atoms with E-state index in [1.54, 1.807) is 0 Å². The fourth-order valence-electron chi connectivity index (χ4n) is 1.53. The van der Waals surface area contributed by atoms with Crippen LogP contribution in [0, 0.1) is 15.9 Å². The molecule has 1 aromatic carbocycles.